The Labute approximate surface area is 120 Å². The third kappa shape index (κ3) is 3.91. The van der Waals surface area contributed by atoms with Crippen molar-refractivity contribution in [3.8, 4) is 0 Å². The molecule has 0 saturated carbocycles. The smallest absolute Gasteiger partial charge is 0.272 e. The highest BCUT2D eigenvalue weighted by molar-refractivity contribution is 9.10. The molecule has 0 fully saturated rings. The second-order valence-electron chi connectivity index (χ2n) is 3.30. The Balaban J connectivity index is 0.00000144. The van der Waals surface area contributed by atoms with Gasteiger partial charge in [-0.25, -0.2) is 4.57 Å². The van der Waals surface area contributed by atoms with Crippen molar-refractivity contribution in [3.05, 3.63) is 53.1 Å². The van der Waals surface area contributed by atoms with Crippen LogP contribution in [-0.2, 0) is 5.88 Å². The van der Waals surface area contributed by atoms with Gasteiger partial charge in [-0.2, -0.15) is 0 Å². The van der Waals surface area contributed by atoms with Crippen LogP contribution in [0.25, 0.3) is 0 Å². The molecule has 90 valence electrons. The van der Waals surface area contributed by atoms with E-state index in [1.54, 1.807) is 11.8 Å². The molecule has 0 spiro atoms. The maximum atomic E-state index is 5.86. The van der Waals surface area contributed by atoms with E-state index >= 15 is 0 Å². The molecule has 1 aromatic heterocycles. The van der Waals surface area contributed by atoms with Crippen molar-refractivity contribution in [3.63, 3.8) is 0 Å². The number of hydrogen-bond acceptors (Lipinski definition) is 2. The number of rotatable bonds is 3. The monoisotopic (exact) mass is 330 g/mol. The van der Waals surface area contributed by atoms with Gasteiger partial charge in [0.25, 0.3) is 5.82 Å². The van der Waals surface area contributed by atoms with Crippen molar-refractivity contribution in [1.29, 1.82) is 0 Å². The lowest BCUT2D eigenvalue weighted by Crippen LogP contribution is -3.00. The van der Waals surface area contributed by atoms with Crippen LogP contribution in [0.3, 0.4) is 0 Å². The summed E-state index contributed by atoms with van der Waals surface area (Å²) in [5, 5.41) is 0. The fourth-order valence-corrected chi connectivity index (χ4v) is 2.83. The summed E-state index contributed by atoms with van der Waals surface area (Å²) in [6.45, 7) is 0. The second kappa shape index (κ2) is 6.89. The van der Waals surface area contributed by atoms with Crippen molar-refractivity contribution < 1.29 is 17.0 Å². The summed E-state index contributed by atoms with van der Waals surface area (Å²) < 4.78 is 3.14. The lowest BCUT2D eigenvalue weighted by molar-refractivity contribution is -0.661. The Hall–Kier alpha value is -0.710. The lowest BCUT2D eigenvalue weighted by Gasteiger charge is -2.04. The fraction of sp³-hybridized carbons (Fsp3) is 0.0833. The highest BCUT2D eigenvalue weighted by atomic mass is 79.9. The van der Waals surface area contributed by atoms with Crippen LogP contribution in [-0.4, -0.2) is 0 Å². The van der Waals surface area contributed by atoms with Crippen molar-refractivity contribution >= 4 is 33.5 Å². The number of halogens is 2. The summed E-state index contributed by atoms with van der Waals surface area (Å²) >= 11 is 5.28. The minimum Gasteiger partial charge on any atom is -1.00 e. The molecule has 0 aliphatic rings. The minimum absolute atomic E-state index is 0. The Morgan fingerprint density at radius 3 is 2.53 bits per heavy atom. The molecule has 2 nitrogen and oxygen atoms in total. The predicted octanol–water partition coefficient (Wildman–Crippen LogP) is 0.0726. The zero-order valence-electron chi connectivity index (χ0n) is 9.01. The van der Waals surface area contributed by atoms with Crippen LogP contribution in [0.5, 0.6) is 0 Å². The molecule has 5 heteroatoms. The summed E-state index contributed by atoms with van der Waals surface area (Å²) in [5.74, 6) is 1.59. The summed E-state index contributed by atoms with van der Waals surface area (Å²) in [6, 6.07) is 14.0. The Bertz CT molecular complexity index is 448. The number of anilines is 1. The van der Waals surface area contributed by atoms with E-state index < -0.39 is 0 Å². The standard InChI is InChI=1S/C12H11BrN2S.ClH/c13-10-5-1-2-6-11(10)16-9-15-8-4-3-7-12(15)14;/h1-8,14H,9H2;1H. The van der Waals surface area contributed by atoms with E-state index in [9.17, 15) is 0 Å². The van der Waals surface area contributed by atoms with Crippen molar-refractivity contribution in [2.24, 2.45) is 0 Å². The molecule has 0 bridgehead atoms. The van der Waals surface area contributed by atoms with Crippen molar-refractivity contribution in [2.45, 2.75) is 10.8 Å². The molecule has 0 saturated heterocycles. The normalized spacial score (nSPS) is 9.71. The first-order chi connectivity index (χ1) is 7.77. The van der Waals surface area contributed by atoms with Crippen LogP contribution in [0.1, 0.15) is 0 Å². The van der Waals surface area contributed by atoms with E-state index in [1.807, 2.05) is 47.2 Å². The molecule has 0 amide bonds. The van der Waals surface area contributed by atoms with E-state index in [2.05, 4.69) is 22.0 Å². The van der Waals surface area contributed by atoms with Gasteiger partial charge in [-0.05, 0) is 34.1 Å². The molecule has 17 heavy (non-hydrogen) atoms. The zero-order valence-corrected chi connectivity index (χ0v) is 12.2. The highest BCUT2D eigenvalue weighted by Crippen LogP contribution is 2.26. The van der Waals surface area contributed by atoms with Gasteiger partial charge in [-0.1, -0.05) is 30.0 Å². The van der Waals surface area contributed by atoms with Crippen LogP contribution in [0.4, 0.5) is 5.82 Å². The Morgan fingerprint density at radius 2 is 1.82 bits per heavy atom. The average Bonchev–Trinajstić information content (AvgIpc) is 2.30. The quantitative estimate of drug-likeness (QED) is 0.637. The van der Waals surface area contributed by atoms with Gasteiger partial charge in [0, 0.05) is 15.4 Å². The van der Waals surface area contributed by atoms with Gasteiger partial charge in [0.15, 0.2) is 0 Å². The van der Waals surface area contributed by atoms with Crippen molar-refractivity contribution in [1.82, 2.24) is 0 Å². The number of aromatic nitrogens is 1. The van der Waals surface area contributed by atoms with Gasteiger partial charge in [-0.3, -0.25) is 5.73 Å². The average molecular weight is 332 g/mol. The van der Waals surface area contributed by atoms with E-state index in [1.165, 1.54) is 4.90 Å². The first-order valence-electron chi connectivity index (χ1n) is 4.88. The molecular weight excluding hydrogens is 320 g/mol. The molecule has 2 rings (SSSR count). The SMILES string of the molecule is Nc1cccc[n+]1CSc1ccccc1Br.[Cl-]. The van der Waals surface area contributed by atoms with Gasteiger partial charge in [0.05, 0.1) is 6.20 Å². The molecular formula is C12H12BrClN2S. The first kappa shape index (κ1) is 14.4. The van der Waals surface area contributed by atoms with E-state index in [0.717, 1.165) is 16.2 Å². The third-order valence-electron chi connectivity index (χ3n) is 2.17. The Kier molecular flexibility index (Phi) is 5.82. The molecule has 2 N–H and O–H groups in total. The summed E-state index contributed by atoms with van der Waals surface area (Å²) in [4.78, 5) is 1.22. The van der Waals surface area contributed by atoms with Gasteiger partial charge in [0.1, 0.15) is 5.88 Å². The number of pyridine rings is 1. The first-order valence-corrected chi connectivity index (χ1v) is 6.66. The van der Waals surface area contributed by atoms with Crippen LogP contribution < -0.4 is 22.7 Å². The van der Waals surface area contributed by atoms with Crippen LogP contribution in [0.2, 0.25) is 0 Å². The summed E-state index contributed by atoms with van der Waals surface area (Å²) in [5.41, 5.74) is 5.86. The fourth-order valence-electron chi connectivity index (χ4n) is 1.31. The number of thioether (sulfide) groups is 1. The topological polar surface area (TPSA) is 29.9 Å². The second-order valence-corrected chi connectivity index (χ2v) is 5.14. The largest absolute Gasteiger partial charge is 1.00 e. The molecule has 0 atom stereocenters. The van der Waals surface area contributed by atoms with Crippen LogP contribution in [0.15, 0.2) is 58.0 Å². The highest BCUT2D eigenvalue weighted by Gasteiger charge is 2.04. The molecule has 0 aliphatic carbocycles. The number of nitrogens with zero attached hydrogens (tertiary/aromatic N) is 1. The van der Waals surface area contributed by atoms with Gasteiger partial charge >= 0.3 is 0 Å². The molecule has 0 aliphatic heterocycles. The third-order valence-corrected chi connectivity index (χ3v) is 4.20. The lowest BCUT2D eigenvalue weighted by atomic mass is 10.4. The predicted molar refractivity (Wildman–Crippen MR) is 71.0 cm³/mol. The number of nitrogen functional groups attached to an aromatic ring is 1. The van der Waals surface area contributed by atoms with E-state index in [0.29, 0.717) is 0 Å². The maximum Gasteiger partial charge on any atom is 0.272 e. The van der Waals surface area contributed by atoms with Gasteiger partial charge < -0.3 is 12.4 Å². The van der Waals surface area contributed by atoms with Crippen LogP contribution >= 0.6 is 27.7 Å². The minimum atomic E-state index is 0. The number of hydrogen-bond donors (Lipinski definition) is 1. The summed E-state index contributed by atoms with van der Waals surface area (Å²) in [7, 11) is 0. The zero-order chi connectivity index (χ0) is 11.4. The number of benzene rings is 1. The molecule has 2 aromatic rings. The Morgan fingerprint density at radius 1 is 1.12 bits per heavy atom. The molecule has 0 radical (unpaired) electrons. The van der Waals surface area contributed by atoms with E-state index in [-0.39, 0.29) is 12.4 Å². The van der Waals surface area contributed by atoms with Crippen molar-refractivity contribution in [2.75, 3.05) is 5.73 Å². The molecule has 1 aromatic carbocycles. The maximum absolute atomic E-state index is 5.86. The molecule has 0 unspecified atom stereocenters. The summed E-state index contributed by atoms with van der Waals surface area (Å²) in [6.07, 6.45) is 1.99. The van der Waals surface area contributed by atoms with E-state index in [4.69, 9.17) is 5.73 Å². The molecule has 1 heterocycles. The van der Waals surface area contributed by atoms with Crippen LogP contribution in [0, 0.1) is 0 Å². The number of nitrogens with two attached hydrogens (primary N) is 1. The van der Waals surface area contributed by atoms with Gasteiger partial charge in [-0.15, -0.1) is 0 Å². The van der Waals surface area contributed by atoms with Gasteiger partial charge in [0.2, 0.25) is 0 Å².